The third-order valence-electron chi connectivity index (χ3n) is 3.40. The van der Waals surface area contributed by atoms with Gasteiger partial charge in [0.2, 0.25) is 0 Å². The average Bonchev–Trinajstić information content (AvgIpc) is 3.15. The Balaban J connectivity index is 1.86. The zero-order chi connectivity index (χ0) is 11.2. The molecule has 1 fully saturated rings. The molecule has 0 heterocycles. The third-order valence-corrected chi connectivity index (χ3v) is 3.40. The Kier molecular flexibility index (Phi) is 4.41. The fourth-order valence-corrected chi connectivity index (χ4v) is 2.28. The van der Waals surface area contributed by atoms with E-state index in [1.54, 1.807) is 0 Å². The molecule has 2 rings (SSSR count). The van der Waals surface area contributed by atoms with Crippen LogP contribution in [0.3, 0.4) is 0 Å². The summed E-state index contributed by atoms with van der Waals surface area (Å²) < 4.78 is 0. The minimum absolute atomic E-state index is 0.609. The molecule has 1 aliphatic carbocycles. The zero-order valence-electron chi connectivity index (χ0n) is 10.3. The number of unbranched alkanes of at least 4 members (excludes halogenated alkanes) is 2. The van der Waals surface area contributed by atoms with Crippen molar-refractivity contribution in [1.29, 1.82) is 0 Å². The normalized spacial score (nSPS) is 17.3. The van der Waals surface area contributed by atoms with E-state index in [9.17, 15) is 0 Å². The van der Waals surface area contributed by atoms with Crippen LogP contribution in [-0.4, -0.2) is 6.54 Å². The van der Waals surface area contributed by atoms with Crippen LogP contribution in [0, 0.1) is 5.92 Å². The van der Waals surface area contributed by atoms with E-state index in [0.29, 0.717) is 6.04 Å². The molecule has 1 N–H and O–H groups in total. The molecule has 1 atom stereocenters. The molecule has 0 aromatic heterocycles. The topological polar surface area (TPSA) is 12.0 Å². The van der Waals surface area contributed by atoms with Crippen molar-refractivity contribution in [3.63, 3.8) is 0 Å². The summed E-state index contributed by atoms with van der Waals surface area (Å²) in [5.41, 5.74) is 1.47. The predicted octanol–water partition coefficient (Wildman–Crippen LogP) is 3.92. The van der Waals surface area contributed by atoms with Gasteiger partial charge in [0, 0.05) is 6.04 Å². The van der Waals surface area contributed by atoms with Gasteiger partial charge in [0.15, 0.2) is 0 Å². The second-order valence-electron chi connectivity index (χ2n) is 4.89. The summed E-state index contributed by atoms with van der Waals surface area (Å²) in [7, 11) is 0. The standard InChI is InChI=1S/C15H23N/c1-2-3-7-12-16-15(14-10-11-14)13-8-5-4-6-9-13/h4-6,8-9,14-16H,2-3,7,10-12H2,1H3. The maximum Gasteiger partial charge on any atom is 0.0348 e. The Morgan fingerprint density at radius 1 is 1.19 bits per heavy atom. The number of hydrogen-bond donors (Lipinski definition) is 1. The van der Waals surface area contributed by atoms with Gasteiger partial charge in [-0.3, -0.25) is 0 Å². The van der Waals surface area contributed by atoms with Crippen LogP contribution in [0.5, 0.6) is 0 Å². The average molecular weight is 217 g/mol. The summed E-state index contributed by atoms with van der Waals surface area (Å²) in [5.74, 6) is 0.893. The lowest BCUT2D eigenvalue weighted by atomic mass is 10.0. The fourth-order valence-electron chi connectivity index (χ4n) is 2.28. The maximum absolute atomic E-state index is 3.73. The maximum atomic E-state index is 3.73. The highest BCUT2D eigenvalue weighted by atomic mass is 14.9. The Labute approximate surface area is 99.3 Å². The third kappa shape index (κ3) is 3.34. The van der Waals surface area contributed by atoms with Crippen molar-refractivity contribution < 1.29 is 0 Å². The summed E-state index contributed by atoms with van der Waals surface area (Å²) in [6.45, 7) is 3.43. The van der Waals surface area contributed by atoms with Gasteiger partial charge in [-0.2, -0.15) is 0 Å². The van der Waals surface area contributed by atoms with E-state index in [-0.39, 0.29) is 0 Å². The summed E-state index contributed by atoms with van der Waals surface area (Å²) in [6.07, 6.45) is 6.77. The SMILES string of the molecule is CCCCCNC(c1ccccc1)C1CC1. The first kappa shape index (κ1) is 11.7. The molecule has 1 unspecified atom stereocenters. The molecular formula is C15H23N. The van der Waals surface area contributed by atoms with Crippen molar-refractivity contribution in [3.8, 4) is 0 Å². The summed E-state index contributed by atoms with van der Waals surface area (Å²) in [5, 5.41) is 3.73. The van der Waals surface area contributed by atoms with Crippen LogP contribution < -0.4 is 5.32 Å². The van der Waals surface area contributed by atoms with Crippen molar-refractivity contribution >= 4 is 0 Å². The molecule has 88 valence electrons. The minimum Gasteiger partial charge on any atom is -0.310 e. The lowest BCUT2D eigenvalue weighted by molar-refractivity contribution is 0.469. The van der Waals surface area contributed by atoms with Crippen molar-refractivity contribution in [2.75, 3.05) is 6.54 Å². The van der Waals surface area contributed by atoms with Crippen LogP contribution in [0.15, 0.2) is 30.3 Å². The van der Waals surface area contributed by atoms with Gasteiger partial charge in [0.1, 0.15) is 0 Å². The molecule has 0 bridgehead atoms. The lowest BCUT2D eigenvalue weighted by Gasteiger charge is -2.18. The van der Waals surface area contributed by atoms with Crippen molar-refractivity contribution in [1.82, 2.24) is 5.32 Å². The number of rotatable bonds is 7. The van der Waals surface area contributed by atoms with E-state index in [2.05, 4.69) is 42.6 Å². The summed E-state index contributed by atoms with van der Waals surface area (Å²) >= 11 is 0. The summed E-state index contributed by atoms with van der Waals surface area (Å²) in [6, 6.07) is 11.5. The first-order chi connectivity index (χ1) is 7.92. The van der Waals surface area contributed by atoms with Gasteiger partial charge in [-0.15, -0.1) is 0 Å². The molecule has 1 heteroatoms. The van der Waals surface area contributed by atoms with Gasteiger partial charge in [0.05, 0.1) is 0 Å². The van der Waals surface area contributed by atoms with Gasteiger partial charge in [-0.25, -0.2) is 0 Å². The second kappa shape index (κ2) is 6.05. The molecule has 1 aromatic carbocycles. The Morgan fingerprint density at radius 3 is 2.56 bits per heavy atom. The van der Waals surface area contributed by atoms with E-state index in [0.717, 1.165) is 5.92 Å². The Morgan fingerprint density at radius 2 is 1.94 bits per heavy atom. The molecule has 0 spiro atoms. The molecule has 1 aliphatic rings. The van der Waals surface area contributed by atoms with Gasteiger partial charge in [-0.1, -0.05) is 50.1 Å². The molecule has 1 nitrogen and oxygen atoms in total. The van der Waals surface area contributed by atoms with E-state index in [1.165, 1.54) is 44.2 Å². The zero-order valence-corrected chi connectivity index (χ0v) is 10.3. The summed E-state index contributed by atoms with van der Waals surface area (Å²) in [4.78, 5) is 0. The van der Waals surface area contributed by atoms with Gasteiger partial charge in [-0.05, 0) is 37.3 Å². The largest absolute Gasteiger partial charge is 0.310 e. The highest BCUT2D eigenvalue weighted by Gasteiger charge is 2.31. The highest BCUT2D eigenvalue weighted by Crippen LogP contribution is 2.40. The predicted molar refractivity (Wildman–Crippen MR) is 69.4 cm³/mol. The quantitative estimate of drug-likeness (QED) is 0.683. The molecule has 0 saturated heterocycles. The molecule has 0 aliphatic heterocycles. The van der Waals surface area contributed by atoms with Crippen molar-refractivity contribution in [3.05, 3.63) is 35.9 Å². The monoisotopic (exact) mass is 217 g/mol. The lowest BCUT2D eigenvalue weighted by Crippen LogP contribution is -2.24. The van der Waals surface area contributed by atoms with Crippen molar-refractivity contribution in [2.45, 2.75) is 45.1 Å². The van der Waals surface area contributed by atoms with Crippen LogP contribution in [-0.2, 0) is 0 Å². The van der Waals surface area contributed by atoms with Crippen molar-refractivity contribution in [2.24, 2.45) is 5.92 Å². The van der Waals surface area contributed by atoms with E-state index in [4.69, 9.17) is 0 Å². The van der Waals surface area contributed by atoms with Gasteiger partial charge < -0.3 is 5.32 Å². The van der Waals surface area contributed by atoms with Crippen LogP contribution in [0.25, 0.3) is 0 Å². The fraction of sp³-hybridized carbons (Fsp3) is 0.600. The van der Waals surface area contributed by atoms with E-state index in [1.807, 2.05) is 0 Å². The first-order valence-electron chi connectivity index (χ1n) is 6.70. The second-order valence-corrected chi connectivity index (χ2v) is 4.89. The number of nitrogens with one attached hydrogen (secondary N) is 1. The van der Waals surface area contributed by atoms with E-state index < -0.39 is 0 Å². The smallest absolute Gasteiger partial charge is 0.0348 e. The highest BCUT2D eigenvalue weighted by molar-refractivity contribution is 5.21. The molecule has 16 heavy (non-hydrogen) atoms. The molecule has 1 aromatic rings. The van der Waals surface area contributed by atoms with Gasteiger partial charge in [0.25, 0.3) is 0 Å². The molecule has 1 saturated carbocycles. The number of benzene rings is 1. The van der Waals surface area contributed by atoms with Gasteiger partial charge >= 0.3 is 0 Å². The first-order valence-corrected chi connectivity index (χ1v) is 6.70. The molecule has 0 radical (unpaired) electrons. The van der Waals surface area contributed by atoms with Crippen LogP contribution in [0.2, 0.25) is 0 Å². The molecular weight excluding hydrogens is 194 g/mol. The van der Waals surface area contributed by atoms with Crippen LogP contribution in [0.4, 0.5) is 0 Å². The Bertz CT molecular complexity index is 290. The minimum atomic E-state index is 0.609. The van der Waals surface area contributed by atoms with E-state index >= 15 is 0 Å². The molecule has 0 amide bonds. The van der Waals surface area contributed by atoms with Crippen LogP contribution >= 0.6 is 0 Å². The Hall–Kier alpha value is -0.820. The number of hydrogen-bond acceptors (Lipinski definition) is 1. The van der Waals surface area contributed by atoms with Crippen LogP contribution in [0.1, 0.15) is 50.6 Å².